The molecule has 1 atom stereocenters. The van der Waals surface area contributed by atoms with Crippen molar-refractivity contribution in [2.45, 2.75) is 37.7 Å². The molecule has 2 aromatic carbocycles. The van der Waals surface area contributed by atoms with Crippen LogP contribution in [0, 0.1) is 0 Å². The predicted octanol–water partition coefficient (Wildman–Crippen LogP) is 3.14. The standard InChI is InChI=1S/C19H24O4/c20-13-1-2-16(21)11-12-19(14-3-7-17(22)8-4-14)15-5-9-18(23)10-6-15/h3-10,16,19-23H,1-2,11-13H2. The van der Waals surface area contributed by atoms with Gasteiger partial charge in [0.05, 0.1) is 6.10 Å². The largest absolute Gasteiger partial charge is 0.508 e. The van der Waals surface area contributed by atoms with Crippen LogP contribution in [0.5, 0.6) is 11.5 Å². The van der Waals surface area contributed by atoms with Gasteiger partial charge in [0.25, 0.3) is 0 Å². The van der Waals surface area contributed by atoms with Crippen molar-refractivity contribution in [1.29, 1.82) is 0 Å². The van der Waals surface area contributed by atoms with Gasteiger partial charge < -0.3 is 20.4 Å². The lowest BCUT2D eigenvalue weighted by atomic mass is 9.86. The summed E-state index contributed by atoms with van der Waals surface area (Å²) in [6.07, 6.45) is 2.14. The third-order valence-corrected chi connectivity index (χ3v) is 4.07. The second-order valence-electron chi connectivity index (χ2n) is 5.83. The number of phenolic OH excluding ortho intramolecular Hbond substituents is 2. The van der Waals surface area contributed by atoms with Crippen molar-refractivity contribution in [3.05, 3.63) is 59.7 Å². The van der Waals surface area contributed by atoms with E-state index >= 15 is 0 Å². The highest BCUT2D eigenvalue weighted by atomic mass is 16.3. The molecule has 2 rings (SSSR count). The summed E-state index contributed by atoms with van der Waals surface area (Å²) in [6.45, 7) is 0.0937. The molecule has 4 heteroatoms. The molecule has 23 heavy (non-hydrogen) atoms. The van der Waals surface area contributed by atoms with Crippen LogP contribution in [-0.4, -0.2) is 33.1 Å². The lowest BCUT2D eigenvalue weighted by Gasteiger charge is -2.20. The van der Waals surface area contributed by atoms with Gasteiger partial charge in [-0.1, -0.05) is 24.3 Å². The molecular formula is C19H24O4. The van der Waals surface area contributed by atoms with E-state index in [-0.39, 0.29) is 24.0 Å². The molecule has 1 unspecified atom stereocenters. The Balaban J connectivity index is 2.14. The minimum Gasteiger partial charge on any atom is -0.508 e. The quantitative estimate of drug-likeness (QED) is 0.603. The number of phenols is 2. The summed E-state index contributed by atoms with van der Waals surface area (Å²) >= 11 is 0. The number of hydrogen-bond donors (Lipinski definition) is 4. The molecule has 0 fully saturated rings. The van der Waals surface area contributed by atoms with E-state index in [0.29, 0.717) is 19.3 Å². The first kappa shape index (κ1) is 17.3. The maximum atomic E-state index is 10.0. The number of aromatic hydroxyl groups is 2. The Hall–Kier alpha value is -2.04. The summed E-state index contributed by atoms with van der Waals surface area (Å²) in [5.41, 5.74) is 2.12. The predicted molar refractivity (Wildman–Crippen MR) is 89.6 cm³/mol. The van der Waals surface area contributed by atoms with Crippen molar-refractivity contribution in [1.82, 2.24) is 0 Å². The van der Waals surface area contributed by atoms with Crippen LogP contribution in [0.2, 0.25) is 0 Å². The van der Waals surface area contributed by atoms with Crippen molar-refractivity contribution in [3.8, 4) is 11.5 Å². The minimum absolute atomic E-state index is 0.0833. The Morgan fingerprint density at radius 2 is 1.17 bits per heavy atom. The Kier molecular flexibility index (Phi) is 6.44. The van der Waals surface area contributed by atoms with Gasteiger partial charge >= 0.3 is 0 Å². The number of rotatable bonds is 8. The van der Waals surface area contributed by atoms with E-state index in [1.165, 1.54) is 0 Å². The lowest BCUT2D eigenvalue weighted by Crippen LogP contribution is -2.11. The smallest absolute Gasteiger partial charge is 0.115 e. The van der Waals surface area contributed by atoms with E-state index in [2.05, 4.69) is 0 Å². The van der Waals surface area contributed by atoms with Gasteiger partial charge in [-0.2, -0.15) is 0 Å². The average molecular weight is 316 g/mol. The zero-order valence-electron chi connectivity index (χ0n) is 13.1. The Labute approximate surface area is 136 Å². The molecule has 4 nitrogen and oxygen atoms in total. The minimum atomic E-state index is -0.432. The highest BCUT2D eigenvalue weighted by Crippen LogP contribution is 2.32. The molecule has 0 heterocycles. The zero-order chi connectivity index (χ0) is 16.7. The molecule has 0 aromatic heterocycles. The average Bonchev–Trinajstić information content (AvgIpc) is 2.56. The summed E-state index contributed by atoms with van der Waals surface area (Å²) in [5.74, 6) is 0.530. The fourth-order valence-corrected chi connectivity index (χ4v) is 2.77. The SMILES string of the molecule is OCCCC(O)CCC(c1ccc(O)cc1)c1ccc(O)cc1. The van der Waals surface area contributed by atoms with Crippen molar-refractivity contribution in [2.24, 2.45) is 0 Å². The first-order valence-electron chi connectivity index (χ1n) is 7.97. The highest BCUT2D eigenvalue weighted by molar-refractivity contribution is 5.37. The van der Waals surface area contributed by atoms with Gasteiger partial charge in [0.2, 0.25) is 0 Å². The van der Waals surface area contributed by atoms with E-state index in [1.54, 1.807) is 24.3 Å². The van der Waals surface area contributed by atoms with Crippen molar-refractivity contribution in [3.63, 3.8) is 0 Å². The van der Waals surface area contributed by atoms with Gasteiger partial charge in [0, 0.05) is 12.5 Å². The van der Waals surface area contributed by atoms with Gasteiger partial charge in [-0.3, -0.25) is 0 Å². The molecule has 0 amide bonds. The molecule has 0 saturated heterocycles. The van der Waals surface area contributed by atoms with E-state index < -0.39 is 6.10 Å². The summed E-state index contributed by atoms with van der Waals surface area (Å²) in [6, 6.07) is 14.2. The molecule has 0 bridgehead atoms. The van der Waals surface area contributed by atoms with Crippen LogP contribution in [0.25, 0.3) is 0 Å². The molecule has 0 radical (unpaired) electrons. The second kappa shape index (κ2) is 8.56. The van der Waals surface area contributed by atoms with E-state index in [9.17, 15) is 15.3 Å². The summed E-state index contributed by atoms with van der Waals surface area (Å²) in [7, 11) is 0. The van der Waals surface area contributed by atoms with Crippen LogP contribution in [-0.2, 0) is 0 Å². The highest BCUT2D eigenvalue weighted by Gasteiger charge is 2.16. The normalized spacial score (nSPS) is 12.5. The van der Waals surface area contributed by atoms with Crippen LogP contribution in [0.3, 0.4) is 0 Å². The van der Waals surface area contributed by atoms with Gasteiger partial charge in [0.1, 0.15) is 11.5 Å². The topological polar surface area (TPSA) is 80.9 Å². The van der Waals surface area contributed by atoms with Gasteiger partial charge in [-0.15, -0.1) is 0 Å². The molecule has 0 aliphatic rings. The lowest BCUT2D eigenvalue weighted by molar-refractivity contribution is 0.137. The van der Waals surface area contributed by atoms with Gasteiger partial charge in [0.15, 0.2) is 0 Å². The van der Waals surface area contributed by atoms with Crippen LogP contribution in [0.15, 0.2) is 48.5 Å². The summed E-state index contributed by atoms with van der Waals surface area (Å²) in [4.78, 5) is 0. The molecule has 0 aliphatic heterocycles. The van der Waals surface area contributed by atoms with E-state index in [4.69, 9.17) is 5.11 Å². The number of aliphatic hydroxyl groups excluding tert-OH is 2. The third-order valence-electron chi connectivity index (χ3n) is 4.07. The zero-order valence-corrected chi connectivity index (χ0v) is 13.1. The summed E-state index contributed by atoms with van der Waals surface area (Å²) < 4.78 is 0. The maximum Gasteiger partial charge on any atom is 0.115 e. The molecule has 2 aromatic rings. The first-order valence-corrected chi connectivity index (χ1v) is 7.97. The second-order valence-corrected chi connectivity index (χ2v) is 5.83. The monoisotopic (exact) mass is 316 g/mol. The van der Waals surface area contributed by atoms with Crippen molar-refractivity contribution < 1.29 is 20.4 Å². The number of hydrogen-bond acceptors (Lipinski definition) is 4. The Bertz CT molecular complexity index is 532. The third kappa shape index (κ3) is 5.27. The van der Waals surface area contributed by atoms with E-state index in [0.717, 1.165) is 17.5 Å². The van der Waals surface area contributed by atoms with Crippen LogP contribution in [0.1, 0.15) is 42.7 Å². The molecular weight excluding hydrogens is 292 g/mol. The fraction of sp³-hybridized carbons (Fsp3) is 0.368. The Morgan fingerprint density at radius 1 is 0.696 bits per heavy atom. The van der Waals surface area contributed by atoms with Gasteiger partial charge in [-0.05, 0) is 61.1 Å². The number of benzene rings is 2. The van der Waals surface area contributed by atoms with E-state index in [1.807, 2.05) is 24.3 Å². The fourth-order valence-electron chi connectivity index (χ4n) is 2.77. The van der Waals surface area contributed by atoms with Gasteiger partial charge in [-0.25, -0.2) is 0 Å². The van der Waals surface area contributed by atoms with Crippen LogP contribution >= 0.6 is 0 Å². The number of aliphatic hydroxyl groups is 2. The Morgan fingerprint density at radius 3 is 1.61 bits per heavy atom. The molecule has 4 N–H and O–H groups in total. The van der Waals surface area contributed by atoms with Crippen LogP contribution < -0.4 is 0 Å². The first-order chi connectivity index (χ1) is 11.1. The molecule has 124 valence electrons. The molecule has 0 aliphatic carbocycles. The van der Waals surface area contributed by atoms with Crippen molar-refractivity contribution >= 4 is 0 Å². The maximum absolute atomic E-state index is 10.0. The van der Waals surface area contributed by atoms with Crippen LogP contribution in [0.4, 0.5) is 0 Å². The molecule has 0 spiro atoms. The summed E-state index contributed by atoms with van der Waals surface area (Å²) in [5, 5.41) is 37.8. The molecule has 0 saturated carbocycles. The van der Waals surface area contributed by atoms with Crippen molar-refractivity contribution in [2.75, 3.05) is 6.61 Å².